The Morgan fingerprint density at radius 1 is 1.18 bits per heavy atom. The molecule has 0 spiro atoms. The number of rotatable bonds is 5. The van der Waals surface area contributed by atoms with Gasteiger partial charge in [0, 0.05) is 18.6 Å². The Labute approximate surface area is 108 Å². The highest BCUT2D eigenvalue weighted by Crippen LogP contribution is 2.42. The highest BCUT2D eigenvalue weighted by atomic mass is 15.2. The van der Waals surface area contributed by atoms with Crippen LogP contribution in [0.25, 0.3) is 0 Å². The molecular weight excluding hydrogens is 208 g/mol. The van der Waals surface area contributed by atoms with Gasteiger partial charge in [0.05, 0.1) is 0 Å². The molecule has 1 fully saturated rings. The van der Waals surface area contributed by atoms with Gasteiger partial charge in [0.2, 0.25) is 0 Å². The van der Waals surface area contributed by atoms with Gasteiger partial charge < -0.3 is 5.73 Å². The predicted octanol–water partition coefficient (Wildman–Crippen LogP) is 3.26. The van der Waals surface area contributed by atoms with Crippen LogP contribution in [-0.2, 0) is 0 Å². The van der Waals surface area contributed by atoms with Crippen molar-refractivity contribution in [2.45, 2.75) is 65.3 Å². The number of hydrogen-bond donors (Lipinski definition) is 1. The largest absolute Gasteiger partial charge is 0.329 e. The van der Waals surface area contributed by atoms with Crippen molar-refractivity contribution in [2.24, 2.45) is 17.1 Å². The van der Waals surface area contributed by atoms with Crippen LogP contribution in [0, 0.1) is 11.3 Å². The van der Waals surface area contributed by atoms with E-state index >= 15 is 0 Å². The molecular formula is C15H32N2. The summed E-state index contributed by atoms with van der Waals surface area (Å²) in [4.78, 5) is 2.55. The molecule has 1 saturated carbocycles. The summed E-state index contributed by atoms with van der Waals surface area (Å²) in [5.41, 5.74) is 6.90. The van der Waals surface area contributed by atoms with Crippen molar-refractivity contribution < 1.29 is 0 Å². The van der Waals surface area contributed by atoms with Crippen molar-refractivity contribution in [1.29, 1.82) is 0 Å². The van der Waals surface area contributed by atoms with E-state index in [4.69, 9.17) is 5.73 Å². The fourth-order valence-electron chi connectivity index (χ4n) is 2.92. The summed E-state index contributed by atoms with van der Waals surface area (Å²) in [5.74, 6) is 0.776. The maximum absolute atomic E-state index is 6.10. The molecule has 1 aliphatic rings. The maximum Gasteiger partial charge on any atom is 0.0329 e. The van der Waals surface area contributed by atoms with Gasteiger partial charge in [0.1, 0.15) is 0 Å². The van der Waals surface area contributed by atoms with E-state index in [1.165, 1.54) is 38.6 Å². The number of likely N-dealkylation sites (N-methyl/N-ethyl adjacent to an activating group) is 1. The van der Waals surface area contributed by atoms with Crippen LogP contribution < -0.4 is 5.73 Å². The Morgan fingerprint density at radius 2 is 1.71 bits per heavy atom. The van der Waals surface area contributed by atoms with E-state index < -0.39 is 0 Å². The first kappa shape index (κ1) is 15.0. The Balaban J connectivity index is 2.63. The van der Waals surface area contributed by atoms with Crippen LogP contribution in [0.15, 0.2) is 0 Å². The Morgan fingerprint density at radius 3 is 2.12 bits per heavy atom. The Hall–Kier alpha value is -0.0800. The summed E-state index contributed by atoms with van der Waals surface area (Å²) in [6.45, 7) is 11.4. The van der Waals surface area contributed by atoms with Crippen molar-refractivity contribution >= 4 is 0 Å². The number of nitrogens with zero attached hydrogens (tertiary/aromatic N) is 1. The molecule has 0 heterocycles. The van der Waals surface area contributed by atoms with Crippen LogP contribution in [-0.4, -0.2) is 30.6 Å². The SMILES string of the molecule is CCC(C)CN(C)C1(CN)CCC(C)(C)CC1. The quantitative estimate of drug-likeness (QED) is 0.799. The summed E-state index contributed by atoms with van der Waals surface area (Å²) in [6.07, 6.45) is 6.42. The normalized spacial score (nSPS) is 24.9. The fraction of sp³-hybridized carbons (Fsp3) is 1.00. The van der Waals surface area contributed by atoms with Gasteiger partial charge in [-0.05, 0) is 44.1 Å². The average Bonchev–Trinajstić information content (AvgIpc) is 2.29. The third kappa shape index (κ3) is 3.69. The second-order valence-corrected chi connectivity index (χ2v) is 6.99. The van der Waals surface area contributed by atoms with Gasteiger partial charge in [-0.3, -0.25) is 4.90 Å². The van der Waals surface area contributed by atoms with E-state index in [-0.39, 0.29) is 5.54 Å². The summed E-state index contributed by atoms with van der Waals surface area (Å²) in [6, 6.07) is 0. The van der Waals surface area contributed by atoms with Gasteiger partial charge >= 0.3 is 0 Å². The molecule has 0 aromatic heterocycles. The number of hydrogen-bond acceptors (Lipinski definition) is 2. The monoisotopic (exact) mass is 240 g/mol. The lowest BCUT2D eigenvalue weighted by atomic mass is 9.68. The van der Waals surface area contributed by atoms with Crippen molar-refractivity contribution in [3.8, 4) is 0 Å². The van der Waals surface area contributed by atoms with Gasteiger partial charge in [-0.2, -0.15) is 0 Å². The van der Waals surface area contributed by atoms with Crippen molar-refractivity contribution in [2.75, 3.05) is 20.1 Å². The first-order valence-corrected chi connectivity index (χ1v) is 7.26. The molecule has 1 atom stereocenters. The summed E-state index contributed by atoms with van der Waals surface area (Å²) in [7, 11) is 2.28. The first-order valence-electron chi connectivity index (χ1n) is 7.26. The molecule has 1 unspecified atom stereocenters. The minimum atomic E-state index is 0.277. The Kier molecular flexibility index (Phi) is 5.03. The molecule has 2 nitrogen and oxygen atoms in total. The molecule has 0 aromatic rings. The predicted molar refractivity (Wildman–Crippen MR) is 76.1 cm³/mol. The zero-order chi connectivity index (χ0) is 13.1. The molecule has 2 heteroatoms. The van der Waals surface area contributed by atoms with Crippen LogP contribution in [0.1, 0.15) is 59.8 Å². The molecule has 1 rings (SSSR count). The minimum Gasteiger partial charge on any atom is -0.329 e. The highest BCUT2D eigenvalue weighted by Gasteiger charge is 2.40. The molecule has 2 N–H and O–H groups in total. The Bertz CT molecular complexity index is 225. The summed E-state index contributed by atoms with van der Waals surface area (Å²) in [5, 5.41) is 0. The van der Waals surface area contributed by atoms with Gasteiger partial charge in [-0.25, -0.2) is 0 Å². The fourth-order valence-corrected chi connectivity index (χ4v) is 2.92. The topological polar surface area (TPSA) is 29.3 Å². The molecule has 0 bridgehead atoms. The van der Waals surface area contributed by atoms with E-state index in [9.17, 15) is 0 Å². The number of nitrogens with two attached hydrogens (primary N) is 1. The van der Waals surface area contributed by atoms with Crippen molar-refractivity contribution in [3.05, 3.63) is 0 Å². The van der Waals surface area contributed by atoms with Crippen molar-refractivity contribution in [1.82, 2.24) is 4.90 Å². The summed E-state index contributed by atoms with van der Waals surface area (Å²) >= 11 is 0. The maximum atomic E-state index is 6.10. The van der Waals surface area contributed by atoms with E-state index in [1.54, 1.807) is 0 Å². The molecule has 0 saturated heterocycles. The van der Waals surface area contributed by atoms with Gasteiger partial charge in [-0.15, -0.1) is 0 Å². The molecule has 0 aliphatic heterocycles. The lowest BCUT2D eigenvalue weighted by Crippen LogP contribution is -2.55. The molecule has 0 radical (unpaired) electrons. The van der Waals surface area contributed by atoms with Crippen LogP contribution in [0.2, 0.25) is 0 Å². The van der Waals surface area contributed by atoms with Crippen LogP contribution >= 0.6 is 0 Å². The molecule has 0 aromatic carbocycles. The first-order chi connectivity index (χ1) is 7.85. The van der Waals surface area contributed by atoms with Gasteiger partial charge in [-0.1, -0.05) is 34.1 Å². The average molecular weight is 240 g/mol. The summed E-state index contributed by atoms with van der Waals surface area (Å²) < 4.78 is 0. The van der Waals surface area contributed by atoms with Crippen molar-refractivity contribution in [3.63, 3.8) is 0 Å². The van der Waals surface area contributed by atoms with E-state index in [0.717, 1.165) is 12.5 Å². The molecule has 17 heavy (non-hydrogen) atoms. The highest BCUT2D eigenvalue weighted by molar-refractivity contribution is 4.97. The lowest BCUT2D eigenvalue weighted by molar-refractivity contribution is 0.0327. The standard InChI is InChI=1S/C15H32N2/c1-6-13(2)11-17(5)15(12-16)9-7-14(3,4)8-10-15/h13H,6-12,16H2,1-5H3. The molecule has 1 aliphatic carbocycles. The third-order valence-corrected chi connectivity index (χ3v) is 5.01. The van der Waals surface area contributed by atoms with Crippen LogP contribution in [0.4, 0.5) is 0 Å². The van der Waals surface area contributed by atoms with E-state index in [2.05, 4.69) is 39.6 Å². The van der Waals surface area contributed by atoms with Crippen LogP contribution in [0.3, 0.4) is 0 Å². The zero-order valence-corrected chi connectivity index (χ0v) is 12.6. The smallest absolute Gasteiger partial charge is 0.0329 e. The lowest BCUT2D eigenvalue weighted by Gasteiger charge is -2.49. The van der Waals surface area contributed by atoms with E-state index in [0.29, 0.717) is 5.41 Å². The van der Waals surface area contributed by atoms with Crippen LogP contribution in [0.5, 0.6) is 0 Å². The second-order valence-electron chi connectivity index (χ2n) is 6.99. The zero-order valence-electron chi connectivity index (χ0n) is 12.6. The van der Waals surface area contributed by atoms with Gasteiger partial charge in [0.15, 0.2) is 0 Å². The minimum absolute atomic E-state index is 0.277. The second kappa shape index (κ2) is 5.71. The van der Waals surface area contributed by atoms with E-state index in [1.807, 2.05) is 0 Å². The third-order valence-electron chi connectivity index (χ3n) is 5.01. The molecule has 102 valence electrons. The molecule has 0 amide bonds. The van der Waals surface area contributed by atoms with Gasteiger partial charge in [0.25, 0.3) is 0 Å².